The number of methoxy groups -OCH3 is 1. The molecule has 3 saturated heterocycles. The van der Waals surface area contributed by atoms with Crippen LogP contribution in [0.1, 0.15) is 117 Å². The summed E-state index contributed by atoms with van der Waals surface area (Å²) in [4.78, 5) is 38.9. The number of unbranched alkanes of at least 4 members (excludes halogenated alkanes) is 4. The van der Waals surface area contributed by atoms with Gasteiger partial charge >= 0.3 is 17.9 Å². The van der Waals surface area contributed by atoms with Gasteiger partial charge < -0.3 is 48.5 Å². The molecule has 0 aromatic heterocycles. The SMILES string of the molecule is CCCCCCCC(=O)O[C@H]1/C(=C/C(=O)OC)CC2C[C@H](CO)OC(=O)C[C@H](O)C[C@@H]3CCC[C@H](C[C@@H]4CCO[C@H](/C=C/C(C)(C)[C@]1(O)O2)O4)O3. The molecule has 13 nitrogen and oxygen atoms in total. The molecule has 290 valence electrons. The highest BCUT2D eigenvalue weighted by atomic mass is 16.7. The summed E-state index contributed by atoms with van der Waals surface area (Å²) in [5.74, 6) is -4.21. The first-order valence-corrected chi connectivity index (χ1v) is 18.8. The van der Waals surface area contributed by atoms with Gasteiger partial charge in [0.1, 0.15) is 6.10 Å². The normalized spacial score (nSPS) is 36.4. The van der Waals surface area contributed by atoms with Gasteiger partial charge in [-0.1, -0.05) is 52.5 Å². The van der Waals surface area contributed by atoms with Gasteiger partial charge in [0.25, 0.3) is 0 Å². The quantitative estimate of drug-likeness (QED) is 0.101. The van der Waals surface area contributed by atoms with Gasteiger partial charge in [-0.25, -0.2) is 4.79 Å². The summed E-state index contributed by atoms with van der Waals surface area (Å²) in [5.41, 5.74) is -1.04. The third kappa shape index (κ3) is 12.1. The smallest absolute Gasteiger partial charge is 0.330 e. The van der Waals surface area contributed by atoms with Gasteiger partial charge in [0.15, 0.2) is 12.4 Å². The molecule has 3 N–H and O–H groups in total. The van der Waals surface area contributed by atoms with Crippen LogP contribution in [0.4, 0.5) is 0 Å². The fraction of sp³-hybridized carbons (Fsp3) is 0.816. The zero-order chi connectivity index (χ0) is 37.0. The lowest BCUT2D eigenvalue weighted by Crippen LogP contribution is -2.62. The molecule has 4 aliphatic rings. The van der Waals surface area contributed by atoms with Crippen molar-refractivity contribution in [3.63, 3.8) is 0 Å². The van der Waals surface area contributed by atoms with E-state index in [4.69, 9.17) is 33.2 Å². The zero-order valence-corrected chi connectivity index (χ0v) is 30.8. The third-order valence-electron chi connectivity index (χ3n) is 10.3. The van der Waals surface area contributed by atoms with Crippen LogP contribution in [0, 0.1) is 5.41 Å². The Morgan fingerprint density at radius 1 is 0.980 bits per heavy atom. The van der Waals surface area contributed by atoms with Crippen LogP contribution in [0.25, 0.3) is 0 Å². The van der Waals surface area contributed by atoms with E-state index in [2.05, 4.69) is 6.92 Å². The van der Waals surface area contributed by atoms with E-state index in [1.54, 1.807) is 26.0 Å². The fourth-order valence-corrected chi connectivity index (χ4v) is 7.38. The molecule has 0 aromatic rings. The minimum absolute atomic E-state index is 0.000953. The molecule has 0 amide bonds. The molecule has 0 spiro atoms. The molecule has 9 atom stereocenters. The van der Waals surface area contributed by atoms with Gasteiger partial charge in [-0.05, 0) is 56.6 Å². The van der Waals surface area contributed by atoms with Crippen LogP contribution in [-0.2, 0) is 47.5 Å². The first-order valence-electron chi connectivity index (χ1n) is 18.8. The maximum absolute atomic E-state index is 13.3. The summed E-state index contributed by atoms with van der Waals surface area (Å²) < 4.78 is 41.4. The Bertz CT molecular complexity index is 1200. The summed E-state index contributed by atoms with van der Waals surface area (Å²) in [5, 5.41) is 33.6. The highest BCUT2D eigenvalue weighted by Crippen LogP contribution is 2.47. The molecular formula is C38H60O13. The first kappa shape index (κ1) is 41.4. The first-order chi connectivity index (χ1) is 24.3. The number of carbonyl (C=O) groups excluding carboxylic acids is 3. The average molecular weight is 725 g/mol. The van der Waals surface area contributed by atoms with Crippen molar-refractivity contribution in [1.29, 1.82) is 0 Å². The fourth-order valence-electron chi connectivity index (χ4n) is 7.38. The Balaban J connectivity index is 1.68. The average Bonchev–Trinajstić information content (AvgIpc) is 3.08. The van der Waals surface area contributed by atoms with Crippen LogP contribution in [0.15, 0.2) is 23.8 Å². The van der Waals surface area contributed by atoms with Gasteiger partial charge in [0.2, 0.25) is 5.79 Å². The van der Waals surface area contributed by atoms with Crippen LogP contribution in [0.2, 0.25) is 0 Å². The van der Waals surface area contributed by atoms with E-state index in [1.807, 2.05) is 0 Å². The van der Waals surface area contributed by atoms with Gasteiger partial charge in [-0.15, -0.1) is 0 Å². The summed E-state index contributed by atoms with van der Waals surface area (Å²) in [6, 6.07) is 0. The van der Waals surface area contributed by atoms with E-state index in [-0.39, 0.29) is 56.0 Å². The summed E-state index contributed by atoms with van der Waals surface area (Å²) in [7, 11) is 1.22. The van der Waals surface area contributed by atoms with E-state index < -0.39 is 66.4 Å². The van der Waals surface area contributed by atoms with Crippen molar-refractivity contribution in [1.82, 2.24) is 0 Å². The van der Waals surface area contributed by atoms with Crippen molar-refractivity contribution in [3.8, 4) is 0 Å². The standard InChI is InChI=1S/C38H60O13/c1-5-6-7-8-9-13-32(41)50-36-25(19-33(42)45-4)18-30-23-31(24-39)48-34(43)21-26(40)20-27-11-10-12-28(47-27)22-29-15-17-46-35(49-29)14-16-37(2,3)38(36,44)51-30/h14,16,19,26-31,35-36,39-40,44H,5-13,15,17-18,20-24H2,1-4H3/b16-14+,25-19+/t26-,27+,28-,29+,30?,31-,35+,36+,38-/m1/s1. The number of aliphatic hydroxyl groups excluding tert-OH is 2. The number of hydrogen-bond acceptors (Lipinski definition) is 13. The lowest BCUT2D eigenvalue weighted by Gasteiger charge is -2.51. The maximum Gasteiger partial charge on any atom is 0.330 e. The van der Waals surface area contributed by atoms with Gasteiger partial charge in [0, 0.05) is 30.8 Å². The largest absolute Gasteiger partial charge is 0.466 e. The molecule has 0 aromatic carbocycles. The van der Waals surface area contributed by atoms with Crippen molar-refractivity contribution in [3.05, 3.63) is 23.8 Å². The minimum Gasteiger partial charge on any atom is -0.466 e. The van der Waals surface area contributed by atoms with Crippen molar-refractivity contribution in [2.45, 2.75) is 172 Å². The van der Waals surface area contributed by atoms with Crippen LogP contribution >= 0.6 is 0 Å². The Labute approximate surface area is 302 Å². The lowest BCUT2D eigenvalue weighted by atomic mass is 9.74. The van der Waals surface area contributed by atoms with E-state index in [1.165, 1.54) is 13.2 Å². The predicted molar refractivity (Wildman–Crippen MR) is 184 cm³/mol. The number of esters is 3. The molecule has 0 saturated carbocycles. The summed E-state index contributed by atoms with van der Waals surface area (Å²) in [6.45, 7) is 5.42. The molecule has 0 aliphatic carbocycles. The maximum atomic E-state index is 13.3. The van der Waals surface area contributed by atoms with E-state index in [0.717, 1.165) is 44.9 Å². The Hall–Kier alpha value is -2.39. The molecule has 4 aliphatic heterocycles. The number of fused-ring (bicyclic) bond motifs is 6. The Morgan fingerprint density at radius 2 is 1.71 bits per heavy atom. The highest BCUT2D eigenvalue weighted by Gasteiger charge is 2.57. The lowest BCUT2D eigenvalue weighted by molar-refractivity contribution is -0.327. The van der Waals surface area contributed by atoms with E-state index >= 15 is 0 Å². The van der Waals surface area contributed by atoms with Crippen molar-refractivity contribution in [2.75, 3.05) is 20.3 Å². The van der Waals surface area contributed by atoms with Crippen LogP contribution in [-0.4, -0.2) is 108 Å². The second kappa shape index (κ2) is 19.6. The number of carbonyl (C=O) groups is 3. The van der Waals surface area contributed by atoms with Gasteiger partial charge in [-0.2, -0.15) is 0 Å². The molecule has 13 heteroatoms. The monoisotopic (exact) mass is 724 g/mol. The molecule has 3 fully saturated rings. The topological polar surface area (TPSA) is 177 Å². The number of hydrogen-bond donors (Lipinski definition) is 3. The molecule has 6 bridgehead atoms. The van der Waals surface area contributed by atoms with Gasteiger partial charge in [0.05, 0.1) is 57.3 Å². The van der Waals surface area contributed by atoms with Gasteiger partial charge in [-0.3, -0.25) is 9.59 Å². The number of aliphatic hydroxyl groups is 3. The molecule has 0 radical (unpaired) electrons. The van der Waals surface area contributed by atoms with Crippen molar-refractivity contribution >= 4 is 17.9 Å². The summed E-state index contributed by atoms with van der Waals surface area (Å²) >= 11 is 0. The van der Waals surface area contributed by atoms with Crippen LogP contribution in [0.3, 0.4) is 0 Å². The third-order valence-corrected chi connectivity index (χ3v) is 10.3. The summed E-state index contributed by atoms with van der Waals surface area (Å²) in [6.07, 6.45) is 7.50. The molecule has 4 rings (SSSR count). The molecular weight excluding hydrogens is 664 g/mol. The Kier molecular flexibility index (Phi) is 15.9. The zero-order valence-electron chi connectivity index (χ0n) is 30.8. The number of ether oxygens (including phenoxy) is 7. The number of cyclic esters (lactones) is 1. The van der Waals surface area contributed by atoms with Crippen LogP contribution in [0.5, 0.6) is 0 Å². The molecule has 4 heterocycles. The van der Waals surface area contributed by atoms with E-state index in [9.17, 15) is 29.7 Å². The minimum atomic E-state index is -2.25. The predicted octanol–water partition coefficient (Wildman–Crippen LogP) is 4.33. The second-order valence-electron chi connectivity index (χ2n) is 15.0. The molecule has 1 unspecified atom stereocenters. The van der Waals surface area contributed by atoms with Crippen molar-refractivity contribution < 1.29 is 62.9 Å². The highest BCUT2D eigenvalue weighted by molar-refractivity contribution is 5.83. The second-order valence-corrected chi connectivity index (χ2v) is 15.0. The number of rotatable bonds is 9. The molecule has 51 heavy (non-hydrogen) atoms. The van der Waals surface area contributed by atoms with Crippen LogP contribution < -0.4 is 0 Å². The van der Waals surface area contributed by atoms with E-state index in [0.29, 0.717) is 25.9 Å². The Morgan fingerprint density at radius 3 is 2.43 bits per heavy atom. The van der Waals surface area contributed by atoms with Crippen molar-refractivity contribution in [2.24, 2.45) is 5.41 Å².